The first-order chi connectivity index (χ1) is 9.30. The molecule has 7 heteroatoms. The largest absolute Gasteiger partial charge is 0.395 e. The van der Waals surface area contributed by atoms with Gasteiger partial charge in [0.15, 0.2) is 0 Å². The van der Waals surface area contributed by atoms with E-state index < -0.39 is 16.1 Å². The number of hydrogen-bond acceptors (Lipinski definition) is 4. The maximum Gasteiger partial charge on any atom is 0.250 e. The van der Waals surface area contributed by atoms with E-state index in [4.69, 9.17) is 11.6 Å². The topological polar surface area (TPSA) is 66.4 Å². The van der Waals surface area contributed by atoms with Gasteiger partial charge in [-0.05, 0) is 30.4 Å². The maximum atomic E-state index is 12.3. The monoisotopic (exact) mass is 339 g/mol. The van der Waals surface area contributed by atoms with E-state index in [1.165, 1.54) is 6.07 Å². The first-order valence-electron chi connectivity index (χ1n) is 6.68. The number of thiophene rings is 1. The first-order valence-corrected chi connectivity index (χ1v) is 9.36. The van der Waals surface area contributed by atoms with E-state index >= 15 is 0 Å². The van der Waals surface area contributed by atoms with Crippen LogP contribution in [-0.4, -0.2) is 26.2 Å². The predicted octanol–water partition coefficient (Wildman–Crippen LogP) is 3.11. The van der Waals surface area contributed by atoms with Crippen molar-refractivity contribution in [3.05, 3.63) is 16.5 Å². The lowest BCUT2D eigenvalue weighted by atomic mass is 9.89. The second-order valence-electron chi connectivity index (χ2n) is 5.27. The molecule has 0 fully saturated rings. The molecule has 1 aromatic rings. The summed E-state index contributed by atoms with van der Waals surface area (Å²) in [6.07, 6.45) is 1.69. The molecule has 4 nitrogen and oxygen atoms in total. The Bertz CT molecular complexity index is 513. The summed E-state index contributed by atoms with van der Waals surface area (Å²) in [5, 5.41) is 9.51. The summed E-state index contributed by atoms with van der Waals surface area (Å²) in [6.45, 7) is 5.98. The first kappa shape index (κ1) is 17.9. The van der Waals surface area contributed by atoms with Gasteiger partial charge in [0, 0.05) is 6.04 Å². The van der Waals surface area contributed by atoms with Gasteiger partial charge in [-0.1, -0.05) is 38.8 Å². The van der Waals surface area contributed by atoms with Crippen molar-refractivity contribution >= 4 is 33.0 Å². The molecule has 0 aliphatic carbocycles. The van der Waals surface area contributed by atoms with Crippen LogP contribution in [0.3, 0.4) is 0 Å². The van der Waals surface area contributed by atoms with Crippen LogP contribution in [0, 0.1) is 11.8 Å². The fourth-order valence-electron chi connectivity index (χ4n) is 2.20. The highest BCUT2D eigenvalue weighted by atomic mass is 35.5. The molecule has 116 valence electrons. The van der Waals surface area contributed by atoms with Crippen LogP contribution in [0.25, 0.3) is 0 Å². The van der Waals surface area contributed by atoms with Crippen LogP contribution >= 0.6 is 22.9 Å². The Morgan fingerprint density at radius 3 is 2.45 bits per heavy atom. The Hall–Kier alpha value is -0.140. The SMILES string of the molecule is CC[C@@H](CC(C)C)[C@H](CO)NS(=O)(=O)c1ccc(Cl)s1. The second-order valence-corrected chi connectivity index (χ2v) is 8.92. The zero-order valence-electron chi connectivity index (χ0n) is 12.0. The molecule has 0 aliphatic rings. The molecule has 0 saturated carbocycles. The minimum Gasteiger partial charge on any atom is -0.395 e. The highest BCUT2D eigenvalue weighted by molar-refractivity contribution is 7.91. The van der Waals surface area contributed by atoms with E-state index in [2.05, 4.69) is 18.6 Å². The lowest BCUT2D eigenvalue weighted by Crippen LogP contribution is -2.42. The minimum atomic E-state index is -3.62. The molecule has 20 heavy (non-hydrogen) atoms. The van der Waals surface area contributed by atoms with Gasteiger partial charge < -0.3 is 5.11 Å². The van der Waals surface area contributed by atoms with Crippen LogP contribution in [0.4, 0.5) is 0 Å². The standard InChI is InChI=1S/C13H22ClNO3S2/c1-4-10(7-9(2)3)11(8-16)15-20(17,18)13-6-5-12(14)19-13/h5-6,9-11,15-16H,4,7-8H2,1-3H3/t10-,11-/m0/s1. The van der Waals surface area contributed by atoms with Gasteiger partial charge in [0.25, 0.3) is 0 Å². The summed E-state index contributed by atoms with van der Waals surface area (Å²) >= 11 is 6.79. The summed E-state index contributed by atoms with van der Waals surface area (Å²) in [6, 6.07) is 2.57. The molecule has 0 aliphatic heterocycles. The molecule has 0 radical (unpaired) electrons. The van der Waals surface area contributed by atoms with E-state index in [0.29, 0.717) is 10.3 Å². The highest BCUT2D eigenvalue weighted by Crippen LogP contribution is 2.27. The van der Waals surface area contributed by atoms with Crippen molar-refractivity contribution < 1.29 is 13.5 Å². The van der Waals surface area contributed by atoms with E-state index in [1.54, 1.807) is 6.07 Å². The Labute approximate surface area is 130 Å². The van der Waals surface area contributed by atoms with Gasteiger partial charge in [0.2, 0.25) is 10.0 Å². The smallest absolute Gasteiger partial charge is 0.250 e. The highest BCUT2D eigenvalue weighted by Gasteiger charge is 2.27. The van der Waals surface area contributed by atoms with Crippen molar-refractivity contribution in [2.45, 2.75) is 43.9 Å². The third-order valence-electron chi connectivity index (χ3n) is 3.18. The Kier molecular flexibility index (Phi) is 6.94. The van der Waals surface area contributed by atoms with E-state index in [9.17, 15) is 13.5 Å². The van der Waals surface area contributed by atoms with Crippen molar-refractivity contribution in [1.82, 2.24) is 4.72 Å². The second kappa shape index (κ2) is 7.75. The van der Waals surface area contributed by atoms with Gasteiger partial charge in [0.05, 0.1) is 10.9 Å². The maximum absolute atomic E-state index is 12.3. The number of aliphatic hydroxyl groups is 1. The van der Waals surface area contributed by atoms with Crippen LogP contribution in [0.1, 0.15) is 33.6 Å². The van der Waals surface area contributed by atoms with Crippen molar-refractivity contribution in [2.24, 2.45) is 11.8 Å². The molecule has 2 N–H and O–H groups in total. The van der Waals surface area contributed by atoms with Crippen molar-refractivity contribution in [3.8, 4) is 0 Å². The molecule has 0 spiro atoms. The summed E-state index contributed by atoms with van der Waals surface area (Å²) < 4.78 is 27.7. The molecule has 1 heterocycles. The van der Waals surface area contributed by atoms with E-state index in [1.807, 2.05) is 6.92 Å². The van der Waals surface area contributed by atoms with Gasteiger partial charge in [-0.25, -0.2) is 13.1 Å². The normalized spacial score (nSPS) is 15.5. The van der Waals surface area contributed by atoms with Crippen LogP contribution in [0.2, 0.25) is 4.34 Å². The van der Waals surface area contributed by atoms with Gasteiger partial charge >= 0.3 is 0 Å². The van der Waals surface area contributed by atoms with E-state index in [-0.39, 0.29) is 16.7 Å². The number of nitrogens with one attached hydrogen (secondary N) is 1. The Morgan fingerprint density at radius 1 is 1.40 bits per heavy atom. The molecule has 1 rings (SSSR count). The van der Waals surface area contributed by atoms with Crippen molar-refractivity contribution in [3.63, 3.8) is 0 Å². The molecule has 0 saturated heterocycles. The molecular formula is C13H22ClNO3S2. The van der Waals surface area contributed by atoms with Crippen molar-refractivity contribution in [1.29, 1.82) is 0 Å². The van der Waals surface area contributed by atoms with Gasteiger partial charge in [-0.2, -0.15) is 0 Å². The third-order valence-corrected chi connectivity index (χ3v) is 6.40. The molecule has 0 bridgehead atoms. The number of rotatable bonds is 8. The summed E-state index contributed by atoms with van der Waals surface area (Å²) in [4.78, 5) is 0. The number of sulfonamides is 1. The lowest BCUT2D eigenvalue weighted by molar-refractivity contribution is 0.197. The summed E-state index contributed by atoms with van der Waals surface area (Å²) in [5.74, 6) is 0.569. The van der Waals surface area contributed by atoms with Gasteiger partial charge in [-0.3, -0.25) is 0 Å². The number of halogens is 1. The van der Waals surface area contributed by atoms with Crippen LogP contribution < -0.4 is 4.72 Å². The lowest BCUT2D eigenvalue weighted by Gasteiger charge is -2.26. The average molecular weight is 340 g/mol. The zero-order chi connectivity index (χ0) is 15.3. The molecule has 0 amide bonds. The van der Waals surface area contributed by atoms with Crippen molar-refractivity contribution in [2.75, 3.05) is 6.61 Å². The number of aliphatic hydroxyl groups excluding tert-OH is 1. The molecule has 0 unspecified atom stereocenters. The van der Waals surface area contributed by atoms with Crippen LogP contribution in [0.15, 0.2) is 16.3 Å². The average Bonchev–Trinajstić information content (AvgIpc) is 2.80. The zero-order valence-corrected chi connectivity index (χ0v) is 14.4. The molecule has 0 aromatic carbocycles. The minimum absolute atomic E-state index is 0.116. The Balaban J connectivity index is 2.86. The van der Waals surface area contributed by atoms with Gasteiger partial charge in [-0.15, -0.1) is 11.3 Å². The molecule has 2 atom stereocenters. The van der Waals surface area contributed by atoms with Crippen LogP contribution in [-0.2, 0) is 10.0 Å². The predicted molar refractivity (Wildman–Crippen MR) is 83.8 cm³/mol. The van der Waals surface area contributed by atoms with Gasteiger partial charge in [0.1, 0.15) is 4.21 Å². The fraction of sp³-hybridized carbons (Fsp3) is 0.692. The summed E-state index contributed by atoms with van der Waals surface area (Å²) in [5.41, 5.74) is 0. The molecular weight excluding hydrogens is 318 g/mol. The Morgan fingerprint density at radius 2 is 2.05 bits per heavy atom. The fourth-order valence-corrected chi connectivity index (χ4v) is 5.00. The quantitative estimate of drug-likeness (QED) is 0.764. The number of hydrogen-bond donors (Lipinski definition) is 2. The molecule has 1 aromatic heterocycles. The van der Waals surface area contributed by atoms with E-state index in [0.717, 1.165) is 24.2 Å². The third kappa shape index (κ3) is 5.00. The van der Waals surface area contributed by atoms with Crippen LogP contribution in [0.5, 0.6) is 0 Å². The summed E-state index contributed by atoms with van der Waals surface area (Å²) in [7, 11) is -3.62.